The van der Waals surface area contributed by atoms with Crippen LogP contribution in [0, 0.1) is 0 Å². The molecule has 2 heterocycles. The molecule has 7 heteroatoms. The lowest BCUT2D eigenvalue weighted by atomic mass is 10.0. The third-order valence-electron chi connectivity index (χ3n) is 4.93. The molecule has 3 rings (SSSR count). The number of aromatic nitrogens is 2. The third-order valence-corrected chi connectivity index (χ3v) is 4.93. The zero-order valence-electron chi connectivity index (χ0n) is 17.9. The highest BCUT2D eigenvalue weighted by molar-refractivity contribution is 5.84. The predicted molar refractivity (Wildman–Crippen MR) is 119 cm³/mol. The van der Waals surface area contributed by atoms with E-state index in [0.29, 0.717) is 31.0 Å². The highest BCUT2D eigenvalue weighted by Gasteiger charge is 2.23. The van der Waals surface area contributed by atoms with Gasteiger partial charge in [0.05, 0.1) is 14.2 Å². The van der Waals surface area contributed by atoms with Gasteiger partial charge in [0.25, 0.3) is 0 Å². The molecule has 0 aliphatic rings. The van der Waals surface area contributed by atoms with E-state index in [9.17, 15) is 4.79 Å². The molecule has 1 amide bonds. The largest absolute Gasteiger partial charge is 0.497 e. The molecule has 0 bridgehead atoms. The van der Waals surface area contributed by atoms with Crippen LogP contribution in [0.25, 0.3) is 0 Å². The molecule has 0 fully saturated rings. The molecule has 1 aromatic carbocycles. The summed E-state index contributed by atoms with van der Waals surface area (Å²) in [5.74, 6) is 1.16. The number of nitrogens with zero attached hydrogens (tertiary/aromatic N) is 2. The topological polar surface area (TPSA) is 85.4 Å². The van der Waals surface area contributed by atoms with Crippen LogP contribution in [0.1, 0.15) is 22.7 Å². The maximum Gasteiger partial charge on any atom is 0.241 e. The molecular weight excluding hydrogens is 392 g/mol. The molecule has 0 aliphatic heterocycles. The van der Waals surface area contributed by atoms with Gasteiger partial charge in [-0.3, -0.25) is 14.8 Å². The molecule has 2 aromatic heterocycles. The van der Waals surface area contributed by atoms with Crippen LogP contribution < -0.4 is 20.1 Å². The summed E-state index contributed by atoms with van der Waals surface area (Å²) in [6.45, 7) is 1.13. The van der Waals surface area contributed by atoms with Crippen LogP contribution in [0.3, 0.4) is 0 Å². The lowest BCUT2D eigenvalue weighted by Crippen LogP contribution is -2.39. The predicted octanol–water partition coefficient (Wildman–Crippen LogP) is 2.73. The fraction of sp³-hybridized carbons (Fsp3) is 0.292. The maximum atomic E-state index is 13.1. The van der Waals surface area contributed by atoms with Gasteiger partial charge in [-0.15, -0.1) is 0 Å². The monoisotopic (exact) mass is 420 g/mol. The van der Waals surface area contributed by atoms with Crippen molar-refractivity contribution in [1.82, 2.24) is 20.6 Å². The molecular formula is C24H28N4O3. The third kappa shape index (κ3) is 6.52. The van der Waals surface area contributed by atoms with E-state index in [1.54, 1.807) is 32.7 Å². The number of pyridine rings is 2. The Bertz CT molecular complexity index is 952. The van der Waals surface area contributed by atoms with Crippen molar-refractivity contribution in [3.05, 3.63) is 83.9 Å². The van der Waals surface area contributed by atoms with E-state index in [2.05, 4.69) is 20.6 Å². The molecule has 1 unspecified atom stereocenters. The number of ether oxygens (including phenoxy) is 2. The smallest absolute Gasteiger partial charge is 0.241 e. The summed E-state index contributed by atoms with van der Waals surface area (Å²) in [6, 6.07) is 12.7. The van der Waals surface area contributed by atoms with Crippen molar-refractivity contribution in [1.29, 1.82) is 0 Å². The quantitative estimate of drug-likeness (QED) is 0.496. The van der Waals surface area contributed by atoms with E-state index >= 15 is 0 Å². The average Bonchev–Trinajstić information content (AvgIpc) is 2.83. The number of hydrogen-bond donors (Lipinski definition) is 2. The van der Waals surface area contributed by atoms with E-state index in [1.807, 2.05) is 48.8 Å². The summed E-state index contributed by atoms with van der Waals surface area (Å²) in [5, 5.41) is 6.40. The Morgan fingerprint density at radius 2 is 1.61 bits per heavy atom. The highest BCUT2D eigenvalue weighted by atomic mass is 16.5. The summed E-state index contributed by atoms with van der Waals surface area (Å²) < 4.78 is 10.8. The summed E-state index contributed by atoms with van der Waals surface area (Å²) >= 11 is 0. The maximum absolute atomic E-state index is 13.1. The standard InChI is InChI=1S/C24H28N4O3/c1-30-20-7-8-21(22(15-20)31-2)23(27-13-9-18-5-3-11-25-16-18)24(29)28-14-10-19-6-4-12-26-17-19/h3-8,11-12,15-17,23,27H,9-10,13-14H2,1-2H3,(H,28,29). The Labute approximate surface area is 182 Å². The Kier molecular flexibility index (Phi) is 8.37. The fourth-order valence-corrected chi connectivity index (χ4v) is 3.29. The summed E-state index contributed by atoms with van der Waals surface area (Å²) in [5.41, 5.74) is 2.94. The minimum absolute atomic E-state index is 0.112. The van der Waals surface area contributed by atoms with Gasteiger partial charge < -0.3 is 20.1 Å². The van der Waals surface area contributed by atoms with Gasteiger partial charge in [-0.1, -0.05) is 12.1 Å². The number of methoxy groups -OCH3 is 2. The Balaban J connectivity index is 1.70. The molecule has 0 saturated heterocycles. The Morgan fingerprint density at radius 1 is 0.935 bits per heavy atom. The second-order valence-corrected chi connectivity index (χ2v) is 7.01. The van der Waals surface area contributed by atoms with E-state index in [-0.39, 0.29) is 5.91 Å². The van der Waals surface area contributed by atoms with Crippen LogP contribution >= 0.6 is 0 Å². The van der Waals surface area contributed by atoms with E-state index < -0.39 is 6.04 Å². The lowest BCUT2D eigenvalue weighted by Gasteiger charge is -2.21. The summed E-state index contributed by atoms with van der Waals surface area (Å²) in [7, 11) is 3.19. The zero-order chi connectivity index (χ0) is 21.9. The van der Waals surface area contributed by atoms with E-state index in [0.717, 1.165) is 23.1 Å². The molecule has 0 saturated carbocycles. The van der Waals surface area contributed by atoms with Crippen LogP contribution in [-0.2, 0) is 17.6 Å². The zero-order valence-corrected chi connectivity index (χ0v) is 17.9. The van der Waals surface area contributed by atoms with Crippen molar-refractivity contribution in [3.8, 4) is 11.5 Å². The van der Waals surface area contributed by atoms with Crippen molar-refractivity contribution in [3.63, 3.8) is 0 Å². The van der Waals surface area contributed by atoms with Gasteiger partial charge in [0, 0.05) is 49.5 Å². The van der Waals surface area contributed by atoms with Crippen molar-refractivity contribution in [2.24, 2.45) is 0 Å². The molecule has 0 spiro atoms. The van der Waals surface area contributed by atoms with Crippen LogP contribution in [0.15, 0.2) is 67.3 Å². The average molecular weight is 421 g/mol. The minimum Gasteiger partial charge on any atom is -0.497 e. The normalized spacial score (nSPS) is 11.5. The number of hydrogen-bond acceptors (Lipinski definition) is 6. The first-order valence-electron chi connectivity index (χ1n) is 10.2. The number of nitrogens with one attached hydrogen (secondary N) is 2. The van der Waals surface area contributed by atoms with Gasteiger partial charge in [-0.2, -0.15) is 0 Å². The first-order valence-corrected chi connectivity index (χ1v) is 10.2. The molecule has 162 valence electrons. The summed E-state index contributed by atoms with van der Waals surface area (Å²) in [6.07, 6.45) is 8.59. The van der Waals surface area contributed by atoms with Crippen molar-refractivity contribution in [2.75, 3.05) is 27.3 Å². The van der Waals surface area contributed by atoms with Gasteiger partial charge in [-0.05, 0) is 48.2 Å². The number of carbonyl (C=O) groups is 1. The molecule has 31 heavy (non-hydrogen) atoms. The second kappa shape index (κ2) is 11.7. The second-order valence-electron chi connectivity index (χ2n) is 7.01. The number of amides is 1. The summed E-state index contributed by atoms with van der Waals surface area (Å²) in [4.78, 5) is 21.4. The number of rotatable bonds is 11. The number of carbonyl (C=O) groups excluding carboxylic acids is 1. The van der Waals surface area contributed by atoms with Crippen LogP contribution in [-0.4, -0.2) is 43.2 Å². The van der Waals surface area contributed by atoms with Crippen LogP contribution in [0.4, 0.5) is 0 Å². The first kappa shape index (κ1) is 22.2. The van der Waals surface area contributed by atoms with Gasteiger partial charge in [-0.25, -0.2) is 0 Å². The van der Waals surface area contributed by atoms with E-state index in [1.165, 1.54) is 0 Å². The molecule has 0 aliphatic carbocycles. The fourth-order valence-electron chi connectivity index (χ4n) is 3.29. The molecule has 7 nitrogen and oxygen atoms in total. The Hall–Kier alpha value is -3.45. The van der Waals surface area contributed by atoms with Gasteiger partial charge in [0.2, 0.25) is 5.91 Å². The van der Waals surface area contributed by atoms with Gasteiger partial charge in [0.15, 0.2) is 0 Å². The highest BCUT2D eigenvalue weighted by Crippen LogP contribution is 2.29. The van der Waals surface area contributed by atoms with Crippen molar-refractivity contribution < 1.29 is 14.3 Å². The molecule has 1 atom stereocenters. The minimum atomic E-state index is -0.563. The Morgan fingerprint density at radius 3 is 2.19 bits per heavy atom. The lowest BCUT2D eigenvalue weighted by molar-refractivity contribution is -0.123. The SMILES string of the molecule is COc1ccc(C(NCCc2cccnc2)C(=O)NCCc2cccnc2)c(OC)c1. The van der Waals surface area contributed by atoms with Crippen LogP contribution in [0.5, 0.6) is 11.5 Å². The first-order chi connectivity index (χ1) is 15.2. The van der Waals surface area contributed by atoms with Crippen molar-refractivity contribution in [2.45, 2.75) is 18.9 Å². The van der Waals surface area contributed by atoms with E-state index in [4.69, 9.17) is 9.47 Å². The molecule has 2 N–H and O–H groups in total. The molecule has 0 radical (unpaired) electrons. The van der Waals surface area contributed by atoms with Gasteiger partial charge >= 0.3 is 0 Å². The van der Waals surface area contributed by atoms with Gasteiger partial charge in [0.1, 0.15) is 17.5 Å². The van der Waals surface area contributed by atoms with Crippen molar-refractivity contribution >= 4 is 5.91 Å². The number of benzene rings is 1. The molecule has 3 aromatic rings. The van der Waals surface area contributed by atoms with Crippen LogP contribution in [0.2, 0.25) is 0 Å².